The number of hydrogen-bond acceptors (Lipinski definition) is 4. The van der Waals surface area contributed by atoms with Crippen molar-refractivity contribution in [2.45, 2.75) is 57.8 Å². The molecule has 6 heteroatoms. The van der Waals surface area contributed by atoms with Gasteiger partial charge in [0.15, 0.2) is 0 Å². The Morgan fingerprint density at radius 3 is 2.42 bits per heavy atom. The Hall–Kier alpha value is -2.57. The summed E-state index contributed by atoms with van der Waals surface area (Å²) in [5.41, 5.74) is 2.91. The van der Waals surface area contributed by atoms with Crippen LogP contribution in [0.1, 0.15) is 49.7 Å². The fourth-order valence-corrected chi connectivity index (χ4v) is 4.92. The van der Waals surface area contributed by atoms with Gasteiger partial charge in [-0.25, -0.2) is 4.79 Å². The largest absolute Gasteiger partial charge is 0.497 e. The van der Waals surface area contributed by atoms with E-state index in [1.54, 1.807) is 7.11 Å². The predicted molar refractivity (Wildman–Crippen MR) is 132 cm³/mol. The molecule has 2 N–H and O–H groups in total. The molecule has 6 nitrogen and oxygen atoms in total. The van der Waals surface area contributed by atoms with Crippen LogP contribution in [0.15, 0.2) is 48.5 Å². The van der Waals surface area contributed by atoms with E-state index >= 15 is 0 Å². The summed E-state index contributed by atoms with van der Waals surface area (Å²) in [4.78, 5) is 15.1. The molecule has 0 aromatic heterocycles. The van der Waals surface area contributed by atoms with Gasteiger partial charge in [0.25, 0.3) is 0 Å². The Bertz CT molecular complexity index is 872. The number of nitrogens with zero attached hydrogens (tertiary/aromatic N) is 1. The lowest BCUT2D eigenvalue weighted by Crippen LogP contribution is -2.46. The first-order valence-electron chi connectivity index (χ1n) is 12.3. The van der Waals surface area contributed by atoms with E-state index in [0.29, 0.717) is 13.2 Å². The molecule has 0 unspecified atom stereocenters. The van der Waals surface area contributed by atoms with E-state index in [1.807, 2.05) is 48.5 Å². The van der Waals surface area contributed by atoms with Crippen molar-refractivity contribution in [3.05, 3.63) is 59.7 Å². The second-order valence-electron chi connectivity index (χ2n) is 9.37. The van der Waals surface area contributed by atoms with Gasteiger partial charge < -0.3 is 25.0 Å². The quantitative estimate of drug-likeness (QED) is 0.551. The van der Waals surface area contributed by atoms with Crippen molar-refractivity contribution in [3.8, 4) is 5.75 Å². The van der Waals surface area contributed by atoms with Crippen LogP contribution in [0, 0.1) is 5.92 Å². The fraction of sp³-hybridized carbons (Fsp3) is 0.519. The highest BCUT2D eigenvalue weighted by atomic mass is 16.5. The van der Waals surface area contributed by atoms with E-state index < -0.39 is 0 Å². The summed E-state index contributed by atoms with van der Waals surface area (Å²) in [7, 11) is 1.66. The van der Waals surface area contributed by atoms with E-state index in [1.165, 1.54) is 32.2 Å². The van der Waals surface area contributed by atoms with E-state index in [2.05, 4.69) is 15.5 Å². The van der Waals surface area contributed by atoms with E-state index in [4.69, 9.17) is 9.47 Å². The van der Waals surface area contributed by atoms with Gasteiger partial charge in [0.2, 0.25) is 0 Å². The minimum Gasteiger partial charge on any atom is -0.497 e. The second kappa shape index (κ2) is 12.1. The third-order valence-corrected chi connectivity index (χ3v) is 6.80. The van der Waals surface area contributed by atoms with Gasteiger partial charge in [-0.3, -0.25) is 0 Å². The Morgan fingerprint density at radius 1 is 0.970 bits per heavy atom. The van der Waals surface area contributed by atoms with Gasteiger partial charge in [0, 0.05) is 31.4 Å². The molecule has 33 heavy (non-hydrogen) atoms. The molecular weight excluding hydrogens is 414 g/mol. The third kappa shape index (κ3) is 7.47. The van der Waals surface area contributed by atoms with Crippen molar-refractivity contribution in [1.82, 2.24) is 10.2 Å². The van der Waals surface area contributed by atoms with Crippen LogP contribution in [0.4, 0.5) is 10.5 Å². The van der Waals surface area contributed by atoms with Crippen molar-refractivity contribution in [2.24, 2.45) is 5.92 Å². The van der Waals surface area contributed by atoms with E-state index in [0.717, 1.165) is 54.4 Å². The zero-order valence-electron chi connectivity index (χ0n) is 19.7. The van der Waals surface area contributed by atoms with Crippen LogP contribution in [0.5, 0.6) is 5.75 Å². The van der Waals surface area contributed by atoms with Gasteiger partial charge >= 0.3 is 6.03 Å². The van der Waals surface area contributed by atoms with Gasteiger partial charge in [-0.05, 0) is 67.0 Å². The Morgan fingerprint density at radius 2 is 1.70 bits per heavy atom. The summed E-state index contributed by atoms with van der Waals surface area (Å²) >= 11 is 0. The lowest BCUT2D eigenvalue weighted by Gasteiger charge is -2.33. The number of urea groups is 1. The summed E-state index contributed by atoms with van der Waals surface area (Å²) < 4.78 is 11.0. The van der Waals surface area contributed by atoms with Crippen LogP contribution in [0.25, 0.3) is 0 Å². The number of amides is 2. The highest BCUT2D eigenvalue weighted by Crippen LogP contribution is 2.26. The normalized spacial score (nSPS) is 17.7. The lowest BCUT2D eigenvalue weighted by molar-refractivity contribution is 0.107. The van der Waals surface area contributed by atoms with E-state index in [-0.39, 0.29) is 12.1 Å². The van der Waals surface area contributed by atoms with Crippen LogP contribution in [0.3, 0.4) is 0 Å². The summed E-state index contributed by atoms with van der Waals surface area (Å²) in [5, 5.41) is 6.14. The molecule has 1 aliphatic carbocycles. The van der Waals surface area contributed by atoms with Gasteiger partial charge in [0.1, 0.15) is 5.75 Å². The maximum absolute atomic E-state index is 12.5. The van der Waals surface area contributed by atoms with Gasteiger partial charge in [-0.2, -0.15) is 0 Å². The number of nitrogens with one attached hydrogen (secondary N) is 2. The number of rotatable bonds is 9. The molecule has 2 aliphatic rings. The molecule has 1 saturated carbocycles. The molecule has 2 aromatic carbocycles. The highest BCUT2D eigenvalue weighted by Gasteiger charge is 2.24. The number of anilines is 1. The number of ether oxygens (including phenoxy) is 2. The highest BCUT2D eigenvalue weighted by molar-refractivity contribution is 5.89. The Labute approximate surface area is 197 Å². The molecule has 0 spiro atoms. The zero-order chi connectivity index (χ0) is 22.9. The van der Waals surface area contributed by atoms with Crippen molar-refractivity contribution >= 4 is 11.7 Å². The van der Waals surface area contributed by atoms with Crippen LogP contribution in [-0.2, 0) is 18.0 Å². The molecule has 1 saturated heterocycles. The molecule has 2 amide bonds. The summed E-state index contributed by atoms with van der Waals surface area (Å²) in [6, 6.07) is 15.8. The van der Waals surface area contributed by atoms with Gasteiger partial charge in [-0.1, -0.05) is 37.1 Å². The molecule has 1 aliphatic heterocycles. The predicted octanol–water partition coefficient (Wildman–Crippen LogP) is 5.19. The molecular formula is C27H37N3O3. The number of likely N-dealkylation sites (tertiary alicyclic amines) is 1. The monoisotopic (exact) mass is 451 g/mol. The minimum atomic E-state index is -0.124. The van der Waals surface area contributed by atoms with Crippen molar-refractivity contribution in [2.75, 3.05) is 32.1 Å². The maximum Gasteiger partial charge on any atom is 0.319 e. The van der Waals surface area contributed by atoms with Gasteiger partial charge in [0.05, 0.1) is 20.3 Å². The average molecular weight is 452 g/mol. The number of piperidine rings is 1. The Kier molecular flexibility index (Phi) is 8.61. The van der Waals surface area contributed by atoms with E-state index in [9.17, 15) is 4.79 Å². The van der Waals surface area contributed by atoms with Crippen molar-refractivity contribution in [3.63, 3.8) is 0 Å². The number of carbonyl (C=O) groups excluding carboxylic acids is 1. The van der Waals surface area contributed by atoms with Crippen LogP contribution >= 0.6 is 0 Å². The zero-order valence-corrected chi connectivity index (χ0v) is 19.7. The molecule has 4 rings (SSSR count). The molecule has 178 valence electrons. The molecule has 2 aromatic rings. The first-order valence-corrected chi connectivity index (χ1v) is 12.3. The number of benzene rings is 2. The molecule has 2 fully saturated rings. The fourth-order valence-electron chi connectivity index (χ4n) is 4.92. The Balaban J connectivity index is 1.16. The number of methoxy groups -OCH3 is 1. The van der Waals surface area contributed by atoms with Crippen molar-refractivity contribution in [1.29, 1.82) is 0 Å². The second-order valence-corrected chi connectivity index (χ2v) is 9.37. The van der Waals surface area contributed by atoms with Gasteiger partial charge in [-0.15, -0.1) is 0 Å². The van der Waals surface area contributed by atoms with Crippen LogP contribution in [-0.4, -0.2) is 43.7 Å². The van der Waals surface area contributed by atoms with Crippen molar-refractivity contribution < 1.29 is 14.3 Å². The maximum atomic E-state index is 12.5. The molecule has 0 radical (unpaired) electrons. The third-order valence-electron chi connectivity index (χ3n) is 6.80. The first kappa shape index (κ1) is 23.6. The molecule has 0 atom stereocenters. The lowest BCUT2D eigenvalue weighted by atomic mass is 10.0. The summed E-state index contributed by atoms with van der Waals surface area (Å²) in [6.45, 7) is 4.43. The van der Waals surface area contributed by atoms with Crippen LogP contribution < -0.4 is 15.4 Å². The minimum absolute atomic E-state index is 0.124. The SMILES string of the molecule is COc1ccc(COCc2cccc(NC(=O)NC3CCN(CC4CCCC4)CC3)c2)cc1. The number of hydrogen-bond donors (Lipinski definition) is 2. The summed E-state index contributed by atoms with van der Waals surface area (Å²) in [5.74, 6) is 1.73. The topological polar surface area (TPSA) is 62.8 Å². The standard InChI is InChI=1S/C27H37N3O3/c1-32-26-11-9-22(10-12-26)19-33-20-23-7-4-8-25(17-23)29-27(31)28-24-13-15-30(16-14-24)18-21-5-2-3-6-21/h4,7-12,17,21,24H,2-3,5-6,13-16,18-20H2,1H3,(H2,28,29,31). The molecule has 0 bridgehead atoms. The average Bonchev–Trinajstić information content (AvgIpc) is 3.34. The summed E-state index contributed by atoms with van der Waals surface area (Å²) in [6.07, 6.45) is 7.65. The smallest absolute Gasteiger partial charge is 0.319 e. The first-order chi connectivity index (χ1) is 16.2. The molecule has 1 heterocycles. The number of carbonyl (C=O) groups is 1. The van der Waals surface area contributed by atoms with Crippen LogP contribution in [0.2, 0.25) is 0 Å².